The van der Waals surface area contributed by atoms with E-state index in [2.05, 4.69) is 35.1 Å². The van der Waals surface area contributed by atoms with Gasteiger partial charge in [0.25, 0.3) is 5.91 Å². The van der Waals surface area contributed by atoms with Gasteiger partial charge in [-0.2, -0.15) is 0 Å². The van der Waals surface area contributed by atoms with Gasteiger partial charge in [-0.1, -0.05) is 19.1 Å². The monoisotopic (exact) mass is 627 g/mol. The van der Waals surface area contributed by atoms with Crippen molar-refractivity contribution in [1.82, 2.24) is 14.8 Å². The molecule has 1 aromatic carbocycles. The number of carbonyl (C=O) groups is 2. The highest BCUT2D eigenvalue weighted by atomic mass is 32.2. The van der Waals surface area contributed by atoms with Crippen molar-refractivity contribution in [3.05, 3.63) is 40.0 Å². The largest absolute Gasteiger partial charge is 0.383 e. The van der Waals surface area contributed by atoms with Crippen LogP contribution in [0.15, 0.2) is 27.4 Å². The Kier molecular flexibility index (Phi) is 9.73. The van der Waals surface area contributed by atoms with Crippen molar-refractivity contribution in [2.45, 2.75) is 94.1 Å². The molecule has 0 saturated carbocycles. The second kappa shape index (κ2) is 13.2. The number of amides is 1. The summed E-state index contributed by atoms with van der Waals surface area (Å²) in [7, 11) is -3.48. The number of likely N-dealkylation sites (tertiary alicyclic amines) is 2. The standard InChI is InChI=1S/C32H45N5O4S2/c1-5-23(38)11-12-28-34-22(2)31(42-28)43(40,41)24-14-19-36(20-15-24)21-32(3,4)35-27-13-16-33-29-25(27)9-8-10-26(29)30(39)37-17-6-7-18-37/h8-10,24,33H,5-7,11-21H2,1-4H3. The quantitative estimate of drug-likeness (QED) is 0.398. The molecule has 0 bridgehead atoms. The number of sulfone groups is 1. The number of aliphatic imine (C=N–C) groups is 1. The number of carbonyl (C=O) groups excluding carboxylic acids is 2. The van der Waals surface area contributed by atoms with Crippen molar-refractivity contribution in [2.75, 3.05) is 44.6 Å². The lowest BCUT2D eigenvalue weighted by Crippen LogP contribution is -2.45. The minimum Gasteiger partial charge on any atom is -0.383 e. The van der Waals surface area contributed by atoms with Gasteiger partial charge in [0.05, 0.1) is 32.7 Å². The molecule has 3 aliphatic heterocycles. The van der Waals surface area contributed by atoms with Crippen LogP contribution in [-0.4, -0.2) is 90.7 Å². The van der Waals surface area contributed by atoms with Gasteiger partial charge in [0, 0.05) is 63.1 Å². The average molecular weight is 628 g/mol. The maximum atomic E-state index is 13.6. The summed E-state index contributed by atoms with van der Waals surface area (Å²) in [6.45, 7) is 12.4. The molecule has 9 nitrogen and oxygen atoms in total. The lowest BCUT2D eigenvalue weighted by Gasteiger charge is -2.36. The van der Waals surface area contributed by atoms with Crippen LogP contribution in [0.3, 0.4) is 0 Å². The van der Waals surface area contributed by atoms with Crippen LogP contribution >= 0.6 is 11.3 Å². The molecule has 1 amide bonds. The van der Waals surface area contributed by atoms with Crippen LogP contribution < -0.4 is 5.32 Å². The Hall–Kier alpha value is -2.63. The number of hydrogen-bond acceptors (Lipinski definition) is 9. The van der Waals surface area contributed by atoms with Crippen LogP contribution in [0.1, 0.15) is 92.3 Å². The van der Waals surface area contributed by atoms with E-state index >= 15 is 0 Å². The summed E-state index contributed by atoms with van der Waals surface area (Å²) < 4.78 is 27.5. The number of rotatable bonds is 10. The fourth-order valence-electron chi connectivity index (χ4n) is 6.52. The minimum absolute atomic E-state index is 0.0940. The Morgan fingerprint density at radius 1 is 1.14 bits per heavy atom. The predicted octanol–water partition coefficient (Wildman–Crippen LogP) is 4.92. The van der Waals surface area contributed by atoms with Crippen molar-refractivity contribution in [3.8, 4) is 0 Å². The summed E-state index contributed by atoms with van der Waals surface area (Å²) in [5.74, 6) is 0.260. The van der Waals surface area contributed by atoms with Gasteiger partial charge in [-0.05, 0) is 65.6 Å². The number of benzene rings is 1. The molecule has 0 spiro atoms. The predicted molar refractivity (Wildman–Crippen MR) is 172 cm³/mol. The van der Waals surface area contributed by atoms with Gasteiger partial charge in [-0.15, -0.1) is 11.3 Å². The van der Waals surface area contributed by atoms with E-state index in [1.54, 1.807) is 6.92 Å². The maximum Gasteiger partial charge on any atom is 0.255 e. The zero-order valence-electron chi connectivity index (χ0n) is 25.9. The topological polar surface area (TPSA) is 112 Å². The molecule has 3 aliphatic rings. The first-order chi connectivity index (χ1) is 20.5. The fourth-order valence-corrected chi connectivity index (χ4v) is 10.1. The van der Waals surface area contributed by atoms with Gasteiger partial charge in [-0.3, -0.25) is 14.6 Å². The second-order valence-corrected chi connectivity index (χ2v) is 16.2. The van der Waals surface area contributed by atoms with Gasteiger partial charge in [0.1, 0.15) is 9.99 Å². The molecule has 11 heteroatoms. The Morgan fingerprint density at radius 3 is 2.56 bits per heavy atom. The number of aryl methyl sites for hydroxylation is 2. The van der Waals surface area contributed by atoms with E-state index in [0.29, 0.717) is 55.1 Å². The smallest absolute Gasteiger partial charge is 0.255 e. The Bertz CT molecular complexity index is 1480. The molecule has 1 N–H and O–H groups in total. The van der Waals surface area contributed by atoms with Crippen LogP contribution in [0.5, 0.6) is 0 Å². The van der Waals surface area contributed by atoms with Gasteiger partial charge in [0.15, 0.2) is 9.84 Å². The molecular formula is C32H45N5O4S2. The van der Waals surface area contributed by atoms with Crippen molar-refractivity contribution in [3.63, 3.8) is 0 Å². The van der Waals surface area contributed by atoms with Crippen LogP contribution in [-0.2, 0) is 21.1 Å². The normalized spacial score (nSPS) is 19.4. The van der Waals surface area contributed by atoms with E-state index in [4.69, 9.17) is 4.99 Å². The highest BCUT2D eigenvalue weighted by Gasteiger charge is 2.36. The highest BCUT2D eigenvalue weighted by molar-refractivity contribution is 7.94. The summed E-state index contributed by atoms with van der Waals surface area (Å²) in [6, 6.07) is 5.93. The number of aromatic nitrogens is 1. The lowest BCUT2D eigenvalue weighted by molar-refractivity contribution is -0.118. The van der Waals surface area contributed by atoms with E-state index in [1.165, 1.54) is 11.3 Å². The van der Waals surface area contributed by atoms with Gasteiger partial charge in [-0.25, -0.2) is 13.4 Å². The summed E-state index contributed by atoms with van der Waals surface area (Å²) in [4.78, 5) is 38.9. The molecule has 0 atom stereocenters. The Morgan fingerprint density at radius 2 is 1.86 bits per heavy atom. The molecular weight excluding hydrogens is 583 g/mol. The third kappa shape index (κ3) is 7.20. The van der Waals surface area contributed by atoms with Crippen LogP contribution in [0.25, 0.3) is 0 Å². The second-order valence-electron chi connectivity index (χ2n) is 12.7. The molecule has 1 aromatic heterocycles. The molecule has 2 saturated heterocycles. The number of para-hydroxylation sites is 1. The third-order valence-electron chi connectivity index (χ3n) is 8.75. The lowest BCUT2D eigenvalue weighted by atomic mass is 9.95. The summed E-state index contributed by atoms with van der Waals surface area (Å²) in [6.07, 6.45) is 5.46. The number of piperidine rings is 1. The van der Waals surface area contributed by atoms with E-state index in [-0.39, 0.29) is 17.2 Å². The van der Waals surface area contributed by atoms with Crippen molar-refractivity contribution < 1.29 is 18.0 Å². The first-order valence-electron chi connectivity index (χ1n) is 15.7. The summed E-state index contributed by atoms with van der Waals surface area (Å²) >= 11 is 1.24. The first kappa shape index (κ1) is 31.8. The minimum atomic E-state index is -3.48. The molecule has 0 unspecified atom stereocenters. The number of anilines is 1. The molecule has 5 rings (SSSR count). The zero-order valence-corrected chi connectivity index (χ0v) is 27.6. The van der Waals surface area contributed by atoms with Crippen molar-refractivity contribution in [1.29, 1.82) is 0 Å². The molecule has 2 aromatic rings. The molecule has 0 aliphatic carbocycles. The fraction of sp³-hybridized carbons (Fsp3) is 0.625. The molecule has 0 radical (unpaired) electrons. The molecule has 2 fully saturated rings. The van der Waals surface area contributed by atoms with Gasteiger partial charge >= 0.3 is 0 Å². The van der Waals surface area contributed by atoms with Gasteiger partial charge in [0.2, 0.25) is 0 Å². The average Bonchev–Trinajstić information content (AvgIpc) is 3.66. The highest BCUT2D eigenvalue weighted by Crippen LogP contribution is 2.33. The number of thiazole rings is 1. The van der Waals surface area contributed by atoms with E-state index in [9.17, 15) is 18.0 Å². The van der Waals surface area contributed by atoms with Crippen molar-refractivity contribution in [2.24, 2.45) is 4.99 Å². The van der Waals surface area contributed by atoms with E-state index in [0.717, 1.165) is 73.0 Å². The molecule has 4 heterocycles. The molecule has 43 heavy (non-hydrogen) atoms. The first-order valence-corrected chi connectivity index (χ1v) is 18.0. The summed E-state index contributed by atoms with van der Waals surface area (Å²) in [5, 5.41) is 3.77. The van der Waals surface area contributed by atoms with Crippen molar-refractivity contribution >= 4 is 44.3 Å². The number of Topliss-reactive ketones (excluding diaryl/α,β-unsaturated/α-hetero) is 1. The number of hydrogen-bond donors (Lipinski definition) is 1. The number of nitrogens with one attached hydrogen (secondary N) is 1. The maximum absolute atomic E-state index is 13.6. The van der Waals surface area contributed by atoms with Gasteiger partial charge < -0.3 is 15.1 Å². The van der Waals surface area contributed by atoms with E-state index in [1.807, 2.05) is 24.0 Å². The van der Waals surface area contributed by atoms with E-state index < -0.39 is 15.1 Å². The third-order valence-corrected chi connectivity index (χ3v) is 12.9. The number of fused-ring (bicyclic) bond motifs is 1. The number of nitrogens with zero attached hydrogens (tertiary/aromatic N) is 4. The SMILES string of the molecule is CCC(=O)CCc1nc(C)c(S(=O)(=O)C2CCN(CC(C)(C)N=C3CCNc4c(C(=O)N5CCCC5)cccc43)CC2)s1. The summed E-state index contributed by atoms with van der Waals surface area (Å²) in [5.41, 5.74) is 3.83. The van der Waals surface area contributed by atoms with Crippen LogP contribution in [0, 0.1) is 6.92 Å². The van der Waals surface area contributed by atoms with Crippen LogP contribution in [0.2, 0.25) is 0 Å². The Balaban J connectivity index is 1.23. The zero-order chi connectivity index (χ0) is 30.8. The Labute approximate surface area is 260 Å². The number of ketones is 1. The molecule has 234 valence electrons. The van der Waals surface area contributed by atoms with Crippen LogP contribution in [0.4, 0.5) is 5.69 Å².